The minimum Gasteiger partial charge on any atom is -0.456 e. The monoisotopic (exact) mass is 424 g/mol. The Morgan fingerprint density at radius 3 is 2.27 bits per heavy atom. The van der Waals surface area contributed by atoms with Crippen molar-refractivity contribution in [2.45, 2.75) is 19.3 Å². The summed E-state index contributed by atoms with van der Waals surface area (Å²) >= 11 is 5.96. The van der Waals surface area contributed by atoms with Gasteiger partial charge in [0, 0.05) is 23.9 Å². The number of benzene rings is 3. The van der Waals surface area contributed by atoms with Gasteiger partial charge in [0.05, 0.1) is 10.7 Å². The van der Waals surface area contributed by atoms with Crippen LogP contribution in [-0.2, 0) is 19.1 Å². The molecule has 0 aromatic heterocycles. The van der Waals surface area contributed by atoms with E-state index in [2.05, 4.69) is 10.6 Å². The third-order valence-electron chi connectivity index (χ3n) is 4.36. The van der Waals surface area contributed by atoms with E-state index in [0.29, 0.717) is 17.1 Å². The fourth-order valence-corrected chi connectivity index (χ4v) is 3.09. The molecule has 154 valence electrons. The molecule has 3 aromatic carbocycles. The van der Waals surface area contributed by atoms with Crippen molar-refractivity contribution in [3.05, 3.63) is 71.8 Å². The van der Waals surface area contributed by atoms with Crippen LogP contribution in [0.15, 0.2) is 66.7 Å². The van der Waals surface area contributed by atoms with Crippen LogP contribution in [0.25, 0.3) is 10.8 Å². The van der Waals surface area contributed by atoms with Crippen molar-refractivity contribution in [3.8, 4) is 0 Å². The number of amides is 2. The lowest BCUT2D eigenvalue weighted by atomic mass is 10.1. The van der Waals surface area contributed by atoms with Crippen LogP contribution in [0, 0.1) is 0 Å². The molecular formula is C23H21ClN2O4. The quantitative estimate of drug-likeness (QED) is 0.509. The van der Waals surface area contributed by atoms with Crippen LogP contribution in [0.2, 0.25) is 5.02 Å². The SMILES string of the molecule is O=C(COC(=O)CCCC(=O)Nc1cccc2ccccc12)Nc1ccccc1Cl. The van der Waals surface area contributed by atoms with Gasteiger partial charge in [-0.2, -0.15) is 0 Å². The number of halogens is 1. The van der Waals surface area contributed by atoms with E-state index in [4.69, 9.17) is 16.3 Å². The third-order valence-corrected chi connectivity index (χ3v) is 4.69. The second-order valence-corrected chi connectivity index (χ2v) is 7.02. The summed E-state index contributed by atoms with van der Waals surface area (Å²) in [5, 5.41) is 7.83. The van der Waals surface area contributed by atoms with E-state index < -0.39 is 18.5 Å². The zero-order valence-electron chi connectivity index (χ0n) is 16.2. The van der Waals surface area contributed by atoms with Gasteiger partial charge in [0.1, 0.15) is 0 Å². The van der Waals surface area contributed by atoms with Gasteiger partial charge in [0.15, 0.2) is 6.61 Å². The maximum atomic E-state index is 12.2. The van der Waals surface area contributed by atoms with Crippen LogP contribution in [0.1, 0.15) is 19.3 Å². The zero-order valence-corrected chi connectivity index (χ0v) is 16.9. The normalized spacial score (nSPS) is 10.4. The minimum atomic E-state index is -0.540. The first-order valence-electron chi connectivity index (χ1n) is 9.50. The largest absolute Gasteiger partial charge is 0.456 e. The summed E-state index contributed by atoms with van der Waals surface area (Å²) in [6.45, 7) is -0.410. The third kappa shape index (κ3) is 6.06. The molecule has 0 aliphatic heterocycles. The molecule has 6 nitrogen and oxygen atoms in total. The maximum Gasteiger partial charge on any atom is 0.306 e. The Bertz CT molecular complexity index is 1060. The summed E-state index contributed by atoms with van der Waals surface area (Å²) < 4.78 is 4.95. The summed E-state index contributed by atoms with van der Waals surface area (Å²) in [6, 6.07) is 20.2. The Hall–Kier alpha value is -3.38. The molecule has 0 aliphatic carbocycles. The average molecular weight is 425 g/mol. The predicted octanol–water partition coefficient (Wildman–Crippen LogP) is 4.78. The highest BCUT2D eigenvalue weighted by atomic mass is 35.5. The van der Waals surface area contributed by atoms with Gasteiger partial charge in [-0.1, -0.05) is 60.1 Å². The summed E-state index contributed by atoms with van der Waals surface area (Å²) in [5.41, 5.74) is 1.18. The Morgan fingerprint density at radius 2 is 1.43 bits per heavy atom. The number of anilines is 2. The Morgan fingerprint density at radius 1 is 0.767 bits per heavy atom. The van der Waals surface area contributed by atoms with Crippen molar-refractivity contribution < 1.29 is 19.1 Å². The molecule has 0 radical (unpaired) electrons. The number of carbonyl (C=O) groups excluding carboxylic acids is 3. The van der Waals surface area contributed by atoms with Crippen LogP contribution in [0.3, 0.4) is 0 Å². The standard InChI is InChI=1S/C23H21ClN2O4/c24-18-10-3-4-11-20(18)26-22(28)15-30-23(29)14-6-13-21(27)25-19-12-5-8-16-7-1-2-9-17(16)19/h1-5,7-12H,6,13-15H2,(H,25,27)(H,26,28). The molecule has 0 bridgehead atoms. The summed E-state index contributed by atoms with van der Waals surface area (Å²) in [7, 11) is 0. The first kappa shape index (κ1) is 21.3. The number of nitrogens with one attached hydrogen (secondary N) is 2. The Kier molecular flexibility index (Phi) is 7.40. The van der Waals surface area contributed by atoms with Crippen LogP contribution >= 0.6 is 11.6 Å². The molecule has 0 heterocycles. The highest BCUT2D eigenvalue weighted by Gasteiger charge is 2.11. The van der Waals surface area contributed by atoms with Gasteiger partial charge >= 0.3 is 5.97 Å². The van der Waals surface area contributed by atoms with E-state index in [1.807, 2.05) is 42.5 Å². The average Bonchev–Trinajstić information content (AvgIpc) is 2.74. The van der Waals surface area contributed by atoms with Gasteiger partial charge in [0.25, 0.3) is 5.91 Å². The number of carbonyl (C=O) groups is 3. The van der Waals surface area contributed by atoms with Crippen molar-refractivity contribution in [1.82, 2.24) is 0 Å². The van der Waals surface area contributed by atoms with Crippen LogP contribution in [0.5, 0.6) is 0 Å². The second-order valence-electron chi connectivity index (χ2n) is 6.62. The van der Waals surface area contributed by atoms with Crippen LogP contribution < -0.4 is 10.6 Å². The van der Waals surface area contributed by atoms with E-state index in [1.54, 1.807) is 24.3 Å². The summed E-state index contributed by atoms with van der Waals surface area (Å²) in [4.78, 5) is 35.9. The summed E-state index contributed by atoms with van der Waals surface area (Å²) in [5.74, 6) is -1.21. The molecule has 0 unspecified atom stereocenters. The van der Waals surface area contributed by atoms with Gasteiger partial charge in [-0.15, -0.1) is 0 Å². The van der Waals surface area contributed by atoms with Crippen molar-refractivity contribution in [3.63, 3.8) is 0 Å². The highest BCUT2D eigenvalue weighted by Crippen LogP contribution is 2.23. The van der Waals surface area contributed by atoms with E-state index in [9.17, 15) is 14.4 Å². The van der Waals surface area contributed by atoms with Crippen molar-refractivity contribution in [2.75, 3.05) is 17.2 Å². The van der Waals surface area contributed by atoms with Gasteiger partial charge in [-0.3, -0.25) is 14.4 Å². The fourth-order valence-electron chi connectivity index (χ4n) is 2.91. The number of esters is 1. The molecule has 0 saturated carbocycles. The number of hydrogen-bond acceptors (Lipinski definition) is 4. The molecule has 0 aliphatic rings. The van der Waals surface area contributed by atoms with E-state index in [-0.39, 0.29) is 18.7 Å². The molecule has 3 rings (SSSR count). The Labute approximate surface area is 179 Å². The van der Waals surface area contributed by atoms with E-state index in [0.717, 1.165) is 16.5 Å². The number of fused-ring (bicyclic) bond motifs is 1. The Balaban J connectivity index is 1.38. The smallest absolute Gasteiger partial charge is 0.306 e. The molecule has 2 N–H and O–H groups in total. The number of hydrogen-bond donors (Lipinski definition) is 2. The highest BCUT2D eigenvalue weighted by molar-refractivity contribution is 6.33. The minimum absolute atomic E-state index is 0.0440. The van der Waals surface area contributed by atoms with Crippen LogP contribution in [0.4, 0.5) is 11.4 Å². The molecule has 3 aromatic rings. The number of rotatable bonds is 8. The van der Waals surface area contributed by atoms with Crippen molar-refractivity contribution >= 4 is 51.5 Å². The molecule has 0 saturated heterocycles. The van der Waals surface area contributed by atoms with E-state index >= 15 is 0 Å². The van der Waals surface area contributed by atoms with Crippen molar-refractivity contribution in [1.29, 1.82) is 0 Å². The number of para-hydroxylation sites is 1. The molecular weight excluding hydrogens is 404 g/mol. The molecule has 2 amide bonds. The first-order valence-corrected chi connectivity index (χ1v) is 9.88. The predicted molar refractivity (Wildman–Crippen MR) is 117 cm³/mol. The van der Waals surface area contributed by atoms with E-state index in [1.165, 1.54) is 0 Å². The van der Waals surface area contributed by atoms with Crippen molar-refractivity contribution in [2.24, 2.45) is 0 Å². The lowest BCUT2D eigenvalue weighted by molar-refractivity contribution is -0.147. The van der Waals surface area contributed by atoms with Gasteiger partial charge in [-0.05, 0) is 30.0 Å². The lowest BCUT2D eigenvalue weighted by Gasteiger charge is -2.09. The first-order chi connectivity index (χ1) is 14.5. The van der Waals surface area contributed by atoms with Gasteiger partial charge in [-0.25, -0.2) is 0 Å². The molecule has 0 atom stereocenters. The molecule has 0 fully saturated rings. The van der Waals surface area contributed by atoms with Gasteiger partial charge in [0.2, 0.25) is 5.91 Å². The van der Waals surface area contributed by atoms with Gasteiger partial charge < -0.3 is 15.4 Å². The fraction of sp³-hybridized carbons (Fsp3) is 0.174. The lowest BCUT2D eigenvalue weighted by Crippen LogP contribution is -2.21. The molecule has 7 heteroatoms. The number of ether oxygens (including phenoxy) is 1. The molecule has 30 heavy (non-hydrogen) atoms. The zero-order chi connectivity index (χ0) is 21.3. The topological polar surface area (TPSA) is 84.5 Å². The second kappa shape index (κ2) is 10.4. The summed E-state index contributed by atoms with van der Waals surface area (Å²) in [6.07, 6.45) is 0.536. The molecule has 0 spiro atoms. The van der Waals surface area contributed by atoms with Crippen LogP contribution in [-0.4, -0.2) is 24.4 Å². The maximum absolute atomic E-state index is 12.2.